The van der Waals surface area contributed by atoms with Crippen LogP contribution in [-0.4, -0.2) is 37.5 Å². The van der Waals surface area contributed by atoms with Crippen LogP contribution < -0.4 is 5.32 Å². The monoisotopic (exact) mass is 327 g/mol. The fraction of sp³-hybridized carbons (Fsp3) is 0.611. The zero-order valence-corrected chi connectivity index (χ0v) is 14.1. The molecule has 2 aromatic rings. The third kappa shape index (κ3) is 3.08. The molecular weight excluding hydrogens is 302 g/mol. The number of hydrogen-bond acceptors (Lipinski definition) is 5. The van der Waals surface area contributed by atoms with Crippen molar-refractivity contribution < 1.29 is 5.11 Å². The topological polar surface area (TPSA) is 75.9 Å². The molecule has 2 heterocycles. The molecule has 0 aromatic carbocycles. The van der Waals surface area contributed by atoms with Crippen molar-refractivity contribution in [1.82, 2.24) is 25.1 Å². The second-order valence-corrected chi connectivity index (χ2v) is 7.19. The minimum atomic E-state index is -0.271. The zero-order valence-electron chi connectivity index (χ0n) is 14.1. The number of aliphatic hydroxyl groups is 1. The van der Waals surface area contributed by atoms with Gasteiger partial charge in [0, 0.05) is 31.7 Å². The van der Waals surface area contributed by atoms with E-state index in [4.69, 9.17) is 4.98 Å². The molecule has 128 valence electrons. The fourth-order valence-corrected chi connectivity index (χ4v) is 4.14. The van der Waals surface area contributed by atoms with Gasteiger partial charge in [-0.2, -0.15) is 0 Å². The highest BCUT2D eigenvalue weighted by Crippen LogP contribution is 2.37. The maximum Gasteiger partial charge on any atom is 0.135 e. The predicted molar refractivity (Wildman–Crippen MR) is 90.4 cm³/mol. The van der Waals surface area contributed by atoms with Crippen LogP contribution in [0.15, 0.2) is 18.5 Å². The lowest BCUT2D eigenvalue weighted by Gasteiger charge is -2.15. The van der Waals surface area contributed by atoms with E-state index in [1.54, 1.807) is 6.33 Å². The molecule has 2 aromatic heterocycles. The summed E-state index contributed by atoms with van der Waals surface area (Å²) in [6.07, 6.45) is 6.71. The van der Waals surface area contributed by atoms with Gasteiger partial charge in [0.05, 0.1) is 11.8 Å². The molecule has 1 saturated carbocycles. The van der Waals surface area contributed by atoms with Crippen molar-refractivity contribution in [2.45, 2.75) is 50.7 Å². The van der Waals surface area contributed by atoms with E-state index >= 15 is 0 Å². The Bertz CT molecular complexity index is 713. The Morgan fingerprint density at radius 3 is 3.04 bits per heavy atom. The number of fused-ring (bicyclic) bond motifs is 1. The van der Waals surface area contributed by atoms with Crippen LogP contribution in [0.1, 0.15) is 48.0 Å². The lowest BCUT2D eigenvalue weighted by atomic mass is 10.0. The standard InChI is InChI=1S/C18H25N5O/c1-23-11-20-22-18(23)13-7-14(17(24)8-13)9-19-10-15-6-5-12-3-2-4-16(12)21-15/h5-6,11,13-14,17,19,24H,2-4,7-10H2,1H3/t13-,14+,17+/m0/s1. The van der Waals surface area contributed by atoms with Crippen LogP contribution in [0.3, 0.4) is 0 Å². The number of aryl methyl sites for hydroxylation is 3. The molecule has 0 amide bonds. The second kappa shape index (κ2) is 6.61. The Hall–Kier alpha value is -1.79. The minimum Gasteiger partial charge on any atom is -0.393 e. The number of aliphatic hydroxyl groups excluding tert-OH is 1. The van der Waals surface area contributed by atoms with E-state index in [0.717, 1.165) is 43.9 Å². The van der Waals surface area contributed by atoms with Crippen molar-refractivity contribution in [3.63, 3.8) is 0 Å². The van der Waals surface area contributed by atoms with E-state index < -0.39 is 0 Å². The van der Waals surface area contributed by atoms with Crippen molar-refractivity contribution in [2.75, 3.05) is 6.54 Å². The molecular formula is C18H25N5O. The summed E-state index contributed by atoms with van der Waals surface area (Å²) in [5.74, 6) is 1.55. The number of hydrogen-bond donors (Lipinski definition) is 2. The third-order valence-electron chi connectivity index (χ3n) is 5.47. The van der Waals surface area contributed by atoms with Gasteiger partial charge in [-0.25, -0.2) is 0 Å². The maximum absolute atomic E-state index is 10.4. The highest BCUT2D eigenvalue weighted by Gasteiger charge is 2.35. The molecule has 6 heteroatoms. The first kappa shape index (κ1) is 15.7. The van der Waals surface area contributed by atoms with Crippen LogP contribution in [0, 0.1) is 5.92 Å². The normalized spacial score (nSPS) is 26.0. The number of rotatable bonds is 5. The van der Waals surface area contributed by atoms with Crippen molar-refractivity contribution in [1.29, 1.82) is 0 Å². The SMILES string of the molecule is Cn1cnnc1[C@H]1C[C@H](CNCc2ccc3c(n2)CCC3)[C@H](O)C1. The Balaban J connectivity index is 1.31. The Morgan fingerprint density at radius 1 is 1.29 bits per heavy atom. The molecule has 2 aliphatic carbocycles. The average Bonchev–Trinajstić information content (AvgIpc) is 3.27. The summed E-state index contributed by atoms with van der Waals surface area (Å²) in [4.78, 5) is 4.76. The van der Waals surface area contributed by atoms with Gasteiger partial charge in [0.15, 0.2) is 0 Å². The maximum atomic E-state index is 10.4. The van der Waals surface area contributed by atoms with Gasteiger partial charge in [-0.1, -0.05) is 6.07 Å². The Labute approximate surface area is 142 Å². The third-order valence-corrected chi connectivity index (χ3v) is 5.47. The largest absolute Gasteiger partial charge is 0.393 e. The van der Waals surface area contributed by atoms with E-state index in [1.165, 1.54) is 24.1 Å². The number of nitrogens with one attached hydrogen (secondary N) is 1. The van der Waals surface area contributed by atoms with Gasteiger partial charge < -0.3 is 15.0 Å². The summed E-state index contributed by atoms with van der Waals surface area (Å²) in [6.45, 7) is 1.58. The van der Waals surface area contributed by atoms with Gasteiger partial charge in [0.1, 0.15) is 12.2 Å². The van der Waals surface area contributed by atoms with E-state index in [9.17, 15) is 5.11 Å². The van der Waals surface area contributed by atoms with Crippen LogP contribution >= 0.6 is 0 Å². The minimum absolute atomic E-state index is 0.265. The molecule has 0 unspecified atom stereocenters. The second-order valence-electron chi connectivity index (χ2n) is 7.19. The van der Waals surface area contributed by atoms with Crippen molar-refractivity contribution in [2.24, 2.45) is 13.0 Å². The lowest BCUT2D eigenvalue weighted by Crippen LogP contribution is -2.27. The highest BCUT2D eigenvalue weighted by atomic mass is 16.3. The first-order valence-corrected chi connectivity index (χ1v) is 8.91. The van der Waals surface area contributed by atoms with E-state index in [2.05, 4.69) is 27.6 Å². The smallest absolute Gasteiger partial charge is 0.135 e. The molecule has 1 fully saturated rings. The van der Waals surface area contributed by atoms with Crippen molar-refractivity contribution in [3.05, 3.63) is 41.2 Å². The summed E-state index contributed by atoms with van der Waals surface area (Å²) >= 11 is 0. The van der Waals surface area contributed by atoms with Crippen molar-refractivity contribution >= 4 is 0 Å². The van der Waals surface area contributed by atoms with Gasteiger partial charge in [-0.15, -0.1) is 10.2 Å². The van der Waals surface area contributed by atoms with E-state index in [0.29, 0.717) is 5.92 Å². The summed E-state index contributed by atoms with van der Waals surface area (Å²) in [5, 5.41) is 22.0. The van der Waals surface area contributed by atoms with Crippen LogP contribution in [0.5, 0.6) is 0 Å². The van der Waals surface area contributed by atoms with Gasteiger partial charge >= 0.3 is 0 Å². The molecule has 0 spiro atoms. The molecule has 4 rings (SSSR count). The van der Waals surface area contributed by atoms with Crippen LogP contribution in [0.2, 0.25) is 0 Å². The van der Waals surface area contributed by atoms with E-state index in [-0.39, 0.29) is 12.0 Å². The number of nitrogens with zero attached hydrogens (tertiary/aromatic N) is 4. The summed E-state index contributed by atoms with van der Waals surface area (Å²) in [7, 11) is 1.97. The summed E-state index contributed by atoms with van der Waals surface area (Å²) in [6, 6.07) is 4.35. The first-order valence-electron chi connectivity index (χ1n) is 8.91. The molecule has 6 nitrogen and oxygen atoms in total. The van der Waals surface area contributed by atoms with Gasteiger partial charge in [0.2, 0.25) is 0 Å². The van der Waals surface area contributed by atoms with E-state index in [1.807, 2.05) is 11.6 Å². The molecule has 0 bridgehead atoms. The summed E-state index contributed by atoms with van der Waals surface area (Å²) in [5.41, 5.74) is 3.79. The predicted octanol–water partition coefficient (Wildman–Crippen LogP) is 1.34. The highest BCUT2D eigenvalue weighted by molar-refractivity contribution is 5.27. The molecule has 2 N–H and O–H groups in total. The van der Waals surface area contributed by atoms with Gasteiger partial charge in [-0.05, 0) is 49.7 Å². The van der Waals surface area contributed by atoms with Crippen LogP contribution in [-0.2, 0) is 26.4 Å². The van der Waals surface area contributed by atoms with Crippen molar-refractivity contribution in [3.8, 4) is 0 Å². The van der Waals surface area contributed by atoms with Gasteiger partial charge in [-0.3, -0.25) is 4.98 Å². The van der Waals surface area contributed by atoms with Crippen LogP contribution in [0.25, 0.3) is 0 Å². The Kier molecular flexibility index (Phi) is 4.33. The van der Waals surface area contributed by atoms with Crippen LogP contribution in [0.4, 0.5) is 0 Å². The number of aromatic nitrogens is 4. The lowest BCUT2D eigenvalue weighted by molar-refractivity contribution is 0.131. The number of pyridine rings is 1. The van der Waals surface area contributed by atoms with Gasteiger partial charge in [0.25, 0.3) is 0 Å². The first-order chi connectivity index (χ1) is 11.7. The molecule has 0 saturated heterocycles. The molecule has 3 atom stereocenters. The quantitative estimate of drug-likeness (QED) is 0.867. The zero-order chi connectivity index (χ0) is 16.5. The molecule has 24 heavy (non-hydrogen) atoms. The fourth-order valence-electron chi connectivity index (χ4n) is 4.14. The summed E-state index contributed by atoms with van der Waals surface area (Å²) < 4.78 is 1.96. The molecule has 0 radical (unpaired) electrons. The Morgan fingerprint density at radius 2 is 2.21 bits per heavy atom. The molecule has 0 aliphatic heterocycles. The average molecular weight is 327 g/mol. The molecule has 2 aliphatic rings.